The number of hydrogen-bond acceptors (Lipinski definition) is 16. The number of ether oxygens (including phenoxy) is 2. The summed E-state index contributed by atoms with van der Waals surface area (Å²) in [5.41, 5.74) is 17.3. The summed E-state index contributed by atoms with van der Waals surface area (Å²) in [4.78, 5) is 72.1. The van der Waals surface area contributed by atoms with Gasteiger partial charge in [0.15, 0.2) is 34.7 Å². The molecule has 0 radical (unpaired) electrons. The van der Waals surface area contributed by atoms with Gasteiger partial charge in [-0.2, -0.15) is 0 Å². The van der Waals surface area contributed by atoms with Gasteiger partial charge in [-0.05, 0) is 89.8 Å². The van der Waals surface area contributed by atoms with E-state index >= 15 is 8.78 Å². The number of aromatic nitrogens is 4. The molecule has 8 N–H and O–H groups in total. The summed E-state index contributed by atoms with van der Waals surface area (Å²) in [6.07, 6.45) is 13.7. The number of anilines is 6. The van der Waals surface area contributed by atoms with E-state index in [0.29, 0.717) is 68.0 Å². The quantitative estimate of drug-likeness (QED) is 0.0282. The van der Waals surface area contributed by atoms with Crippen LogP contribution in [0.1, 0.15) is 104 Å². The second-order valence-corrected chi connectivity index (χ2v) is 19.5. The van der Waals surface area contributed by atoms with Crippen LogP contribution in [0.5, 0.6) is 11.5 Å². The number of fused-ring (bicyclic) bond motifs is 2. The topological polar surface area (TPSA) is 271 Å². The third kappa shape index (κ3) is 7.94. The van der Waals surface area contributed by atoms with Crippen LogP contribution in [0.15, 0.2) is 58.5 Å². The summed E-state index contributed by atoms with van der Waals surface area (Å²) in [5, 5.41) is 17.3. The monoisotopic (exact) mass is 987 g/mol. The van der Waals surface area contributed by atoms with Gasteiger partial charge < -0.3 is 51.3 Å². The summed E-state index contributed by atoms with van der Waals surface area (Å²) in [7, 11) is 0. The van der Waals surface area contributed by atoms with Crippen molar-refractivity contribution >= 4 is 73.4 Å². The van der Waals surface area contributed by atoms with Crippen molar-refractivity contribution in [1.82, 2.24) is 19.1 Å². The third-order valence-electron chi connectivity index (χ3n) is 15.3. The minimum Gasteiger partial charge on any atom is -0.489 e. The molecule has 0 amide bonds. The highest BCUT2D eigenvalue weighted by atomic mass is 19.1. The lowest BCUT2D eigenvalue weighted by atomic mass is 9.74. The molecule has 1 atom stereocenters. The van der Waals surface area contributed by atoms with Crippen molar-refractivity contribution in [2.45, 2.75) is 102 Å². The zero-order valence-electron chi connectivity index (χ0n) is 39.9. The molecule has 2 saturated carbocycles. The molecule has 2 aromatic carbocycles. The molecule has 7 heterocycles. The molecule has 1 unspecified atom stereocenters. The standard InChI is InChI=1S/C26H28FN5O3.C25H27FN6O5/c1-15(33)17-14-32-23-19(24(17)34)21(28)20(27)22(25(23)35-12-9-26(32)7-4-8-26)30-16-6-11-31(13-16)18-5-2-3-10-29-18;1-13(33)15-12-31-21-17(22(15)34)19(27)18(26)20(23(21)37-11-9-25(31)7-3-8-25)29-10-2-4-14-5-6-16(32(35)36)24(28)30-14/h2-3,5,10,14,16,30H,4,6-9,11-13,28H2,1H3;5-6,12,29H,2-4,7-11,27H2,1H3,(H2,28,30). The molecule has 11 rings (SSSR count). The highest BCUT2D eigenvalue weighted by Gasteiger charge is 2.45. The maximum absolute atomic E-state index is 15.8. The Morgan fingerprint density at radius 1 is 0.833 bits per heavy atom. The first-order chi connectivity index (χ1) is 34.5. The second-order valence-electron chi connectivity index (χ2n) is 19.5. The largest absolute Gasteiger partial charge is 0.489 e. The number of rotatable bonds is 11. The normalized spacial score (nSPS) is 17.9. The van der Waals surface area contributed by atoms with Crippen molar-refractivity contribution in [3.8, 4) is 11.5 Å². The van der Waals surface area contributed by atoms with E-state index in [4.69, 9.17) is 26.7 Å². The van der Waals surface area contributed by atoms with Gasteiger partial charge in [0.05, 0.1) is 62.4 Å². The maximum atomic E-state index is 15.8. The number of nitro groups is 1. The van der Waals surface area contributed by atoms with E-state index in [1.54, 1.807) is 18.6 Å². The Kier molecular flexibility index (Phi) is 12.2. The van der Waals surface area contributed by atoms with Crippen molar-refractivity contribution in [1.29, 1.82) is 0 Å². The average Bonchev–Trinajstić information content (AvgIpc) is 3.64. The molecule has 72 heavy (non-hydrogen) atoms. The van der Waals surface area contributed by atoms with E-state index in [0.717, 1.165) is 63.7 Å². The highest BCUT2D eigenvalue weighted by Crippen LogP contribution is 2.52. The van der Waals surface area contributed by atoms with E-state index in [-0.39, 0.29) is 84.8 Å². The van der Waals surface area contributed by atoms with E-state index in [1.165, 1.54) is 26.0 Å². The Hall–Kier alpha value is -7.84. The highest BCUT2D eigenvalue weighted by molar-refractivity contribution is 6.06. The number of carbonyl (C=O) groups excluding carboxylic acids is 2. The molecule has 0 bridgehead atoms. The van der Waals surface area contributed by atoms with E-state index in [2.05, 4.69) is 25.5 Å². The molecular weight excluding hydrogens is 933 g/mol. The van der Waals surface area contributed by atoms with Gasteiger partial charge in [0.25, 0.3) is 0 Å². The number of halogens is 2. The number of pyridine rings is 4. The first-order valence-corrected chi connectivity index (χ1v) is 24.3. The van der Waals surface area contributed by atoms with Crippen molar-refractivity contribution in [2.24, 2.45) is 0 Å². The molecule has 5 aliphatic rings. The fourth-order valence-electron chi connectivity index (χ4n) is 11.1. The number of nitrogens with one attached hydrogen (secondary N) is 2. The van der Waals surface area contributed by atoms with Crippen molar-refractivity contribution < 1.29 is 32.8 Å². The molecule has 6 aromatic rings. The number of nitrogen functional groups attached to an aromatic ring is 3. The van der Waals surface area contributed by atoms with Crippen molar-refractivity contribution in [3.63, 3.8) is 0 Å². The first-order valence-electron chi connectivity index (χ1n) is 24.3. The Morgan fingerprint density at radius 2 is 1.40 bits per heavy atom. The molecule has 4 aromatic heterocycles. The Labute approximate surface area is 410 Å². The summed E-state index contributed by atoms with van der Waals surface area (Å²) < 4.78 is 47.5. The van der Waals surface area contributed by atoms with Crippen molar-refractivity contribution in [2.75, 3.05) is 65.6 Å². The van der Waals surface area contributed by atoms with Crippen LogP contribution in [0.25, 0.3) is 21.8 Å². The lowest BCUT2D eigenvalue weighted by Gasteiger charge is -2.44. The second kappa shape index (κ2) is 18.4. The molecule has 3 aliphatic heterocycles. The number of aryl methyl sites for hydroxylation is 1. The summed E-state index contributed by atoms with van der Waals surface area (Å²) in [6.45, 7) is 5.12. The number of carbonyl (C=O) groups is 2. The summed E-state index contributed by atoms with van der Waals surface area (Å²) >= 11 is 0. The first kappa shape index (κ1) is 47.8. The van der Waals surface area contributed by atoms with Crippen molar-refractivity contribution in [3.05, 3.63) is 108 Å². The van der Waals surface area contributed by atoms with Gasteiger partial charge in [-0.3, -0.25) is 29.3 Å². The zero-order valence-corrected chi connectivity index (χ0v) is 39.9. The summed E-state index contributed by atoms with van der Waals surface area (Å²) in [6, 6.07) is 8.56. The van der Waals surface area contributed by atoms with E-state index < -0.39 is 33.2 Å². The third-order valence-corrected chi connectivity index (χ3v) is 15.3. The molecule has 19 nitrogen and oxygen atoms in total. The van der Waals surface area contributed by atoms with Gasteiger partial charge in [-0.15, -0.1) is 0 Å². The van der Waals surface area contributed by atoms with Gasteiger partial charge in [0.1, 0.15) is 17.2 Å². The van der Waals surface area contributed by atoms with Gasteiger partial charge in [-0.25, -0.2) is 18.7 Å². The number of hydrogen-bond donors (Lipinski definition) is 5. The number of nitrogens with zero attached hydrogens (tertiary/aromatic N) is 6. The van der Waals surface area contributed by atoms with Gasteiger partial charge in [-0.1, -0.05) is 6.07 Å². The number of Topliss-reactive ketones (excluding diaryl/α,β-unsaturated/α-hetero) is 2. The molecule has 21 heteroatoms. The van der Waals surface area contributed by atoms with Crippen LogP contribution in [0, 0.1) is 21.7 Å². The van der Waals surface area contributed by atoms with Crippen LogP contribution >= 0.6 is 0 Å². The van der Waals surface area contributed by atoms with Gasteiger partial charge >= 0.3 is 5.69 Å². The summed E-state index contributed by atoms with van der Waals surface area (Å²) in [5.74, 6) is -1.06. The number of ketones is 2. The van der Waals surface area contributed by atoms with Crippen LogP contribution in [0.2, 0.25) is 0 Å². The molecule has 1 saturated heterocycles. The van der Waals surface area contributed by atoms with Crippen LogP contribution in [0.3, 0.4) is 0 Å². The number of nitrogens with two attached hydrogens (primary N) is 3. The molecule has 3 fully saturated rings. The van der Waals surface area contributed by atoms with Crippen LogP contribution in [0.4, 0.5) is 48.9 Å². The predicted octanol–water partition coefficient (Wildman–Crippen LogP) is 7.19. The minimum atomic E-state index is -0.811. The van der Waals surface area contributed by atoms with E-state index in [1.807, 2.05) is 27.3 Å². The zero-order chi connectivity index (χ0) is 50.8. The van der Waals surface area contributed by atoms with Gasteiger partial charge in [0, 0.05) is 79.9 Å². The SMILES string of the molecule is CC(=O)c1cn2c3c(c(NC4CCN(c5ccccn5)C4)c(F)c(N)c3c1=O)OCCC21CCC1.CC(=O)c1cn2c3c(c(NCCCc4ccc([N+](=O)[O-])c(N)n4)c(F)c(N)c3c1=O)OCCC21CCC1. The fraction of sp³-hybridized carbons (Fsp3) is 0.412. The Morgan fingerprint density at radius 3 is 1.90 bits per heavy atom. The van der Waals surface area contributed by atoms with Crippen LogP contribution < -0.4 is 53.1 Å². The van der Waals surface area contributed by atoms with Crippen LogP contribution in [-0.2, 0) is 17.5 Å². The average molecular weight is 988 g/mol. The minimum absolute atomic E-state index is 0.0201. The lowest BCUT2D eigenvalue weighted by Crippen LogP contribution is -2.42. The molecule has 2 spiro atoms. The fourth-order valence-corrected chi connectivity index (χ4v) is 11.1. The van der Waals surface area contributed by atoms with Gasteiger partial charge in [0.2, 0.25) is 16.7 Å². The van der Waals surface area contributed by atoms with Crippen LogP contribution in [-0.4, -0.2) is 74.5 Å². The van der Waals surface area contributed by atoms with E-state index in [9.17, 15) is 29.3 Å². The lowest BCUT2D eigenvalue weighted by molar-refractivity contribution is -0.384. The smallest absolute Gasteiger partial charge is 0.311 e. The predicted molar refractivity (Wildman–Crippen MR) is 270 cm³/mol. The molecule has 376 valence electrons. The molecule has 2 aliphatic carbocycles. The Bertz CT molecular complexity index is 3360. The molecular formula is C51H55F2N11O8. The maximum Gasteiger partial charge on any atom is 0.311 e. The number of benzene rings is 2. The Balaban J connectivity index is 0.000000166.